The van der Waals surface area contributed by atoms with E-state index in [1.807, 2.05) is 30.3 Å². The Bertz CT molecular complexity index is 1120. The Hall–Kier alpha value is -3.47. The van der Waals surface area contributed by atoms with Gasteiger partial charge in [0.15, 0.2) is 5.58 Å². The van der Waals surface area contributed by atoms with E-state index in [-0.39, 0.29) is 5.91 Å². The summed E-state index contributed by atoms with van der Waals surface area (Å²) in [7, 11) is 0. The van der Waals surface area contributed by atoms with E-state index >= 15 is 0 Å². The van der Waals surface area contributed by atoms with E-state index in [0.717, 1.165) is 23.1 Å². The minimum atomic E-state index is -0.207. The Morgan fingerprint density at radius 1 is 1.14 bits per heavy atom. The Labute approximate surface area is 163 Å². The Morgan fingerprint density at radius 3 is 2.82 bits per heavy atom. The Morgan fingerprint density at radius 2 is 2.04 bits per heavy atom. The van der Waals surface area contributed by atoms with Gasteiger partial charge >= 0.3 is 0 Å². The molecule has 5 nitrogen and oxygen atoms in total. The number of nitrogens with one attached hydrogen (secondary N) is 1. The molecule has 0 saturated heterocycles. The minimum absolute atomic E-state index is 0.207. The number of carbonyl (C=O) groups is 1. The Kier molecular flexibility index (Phi) is 4.89. The van der Waals surface area contributed by atoms with E-state index in [4.69, 9.17) is 4.42 Å². The van der Waals surface area contributed by atoms with Crippen LogP contribution >= 0.6 is 0 Å². The maximum Gasteiger partial charge on any atom is 0.257 e. The summed E-state index contributed by atoms with van der Waals surface area (Å²) >= 11 is 0. The second-order valence-corrected chi connectivity index (χ2v) is 6.83. The van der Waals surface area contributed by atoms with E-state index in [9.17, 15) is 4.79 Å². The van der Waals surface area contributed by atoms with Gasteiger partial charge in [-0.05, 0) is 60.4 Å². The van der Waals surface area contributed by atoms with Crippen molar-refractivity contribution in [1.82, 2.24) is 9.97 Å². The summed E-state index contributed by atoms with van der Waals surface area (Å²) in [6.07, 6.45) is 4.25. The average molecular weight is 371 g/mol. The van der Waals surface area contributed by atoms with Crippen molar-refractivity contribution in [2.75, 3.05) is 5.32 Å². The first-order valence-electron chi connectivity index (χ1n) is 9.36. The highest BCUT2D eigenvalue weighted by Crippen LogP contribution is 2.29. The molecule has 140 valence electrons. The fraction of sp³-hybridized carbons (Fsp3) is 0.174. The number of nitrogens with zero attached hydrogens (tertiary/aromatic N) is 2. The predicted molar refractivity (Wildman–Crippen MR) is 110 cm³/mol. The summed E-state index contributed by atoms with van der Waals surface area (Å²) in [6, 6.07) is 17.1. The van der Waals surface area contributed by atoms with Gasteiger partial charge in [-0.15, -0.1) is 0 Å². The number of pyridine rings is 1. The highest BCUT2D eigenvalue weighted by atomic mass is 16.3. The van der Waals surface area contributed by atoms with Crippen LogP contribution < -0.4 is 5.32 Å². The van der Waals surface area contributed by atoms with Crippen LogP contribution in [-0.4, -0.2) is 15.9 Å². The van der Waals surface area contributed by atoms with Gasteiger partial charge in [0, 0.05) is 23.6 Å². The minimum Gasteiger partial charge on any atom is -0.436 e. The zero-order valence-electron chi connectivity index (χ0n) is 15.8. The van der Waals surface area contributed by atoms with Crippen molar-refractivity contribution in [2.24, 2.45) is 0 Å². The fourth-order valence-electron chi connectivity index (χ4n) is 3.04. The zero-order valence-corrected chi connectivity index (χ0v) is 15.8. The number of fused-ring (bicyclic) bond motifs is 1. The number of hydrogen-bond acceptors (Lipinski definition) is 4. The van der Waals surface area contributed by atoms with Gasteiger partial charge in [0.2, 0.25) is 5.89 Å². The van der Waals surface area contributed by atoms with Crippen LogP contribution in [0, 0.1) is 0 Å². The van der Waals surface area contributed by atoms with Crippen molar-refractivity contribution in [3.05, 3.63) is 78.1 Å². The molecule has 28 heavy (non-hydrogen) atoms. The number of carbonyl (C=O) groups excluding carboxylic acids is 1. The van der Waals surface area contributed by atoms with E-state index < -0.39 is 0 Å². The molecule has 0 aliphatic rings. The number of amides is 1. The van der Waals surface area contributed by atoms with Gasteiger partial charge < -0.3 is 9.73 Å². The van der Waals surface area contributed by atoms with Gasteiger partial charge in [-0.3, -0.25) is 9.78 Å². The summed E-state index contributed by atoms with van der Waals surface area (Å²) in [5.74, 6) is 0.811. The predicted octanol–water partition coefficient (Wildman–Crippen LogP) is 5.66. The molecule has 2 aromatic heterocycles. The van der Waals surface area contributed by atoms with Crippen LogP contribution in [0.1, 0.15) is 42.1 Å². The second-order valence-electron chi connectivity index (χ2n) is 6.83. The lowest BCUT2D eigenvalue weighted by Crippen LogP contribution is -2.11. The van der Waals surface area contributed by atoms with Crippen LogP contribution in [0.25, 0.3) is 22.6 Å². The fourth-order valence-corrected chi connectivity index (χ4v) is 3.04. The highest BCUT2D eigenvalue weighted by molar-refractivity contribution is 6.04. The molecule has 0 spiro atoms. The molecule has 0 fully saturated rings. The van der Waals surface area contributed by atoms with Crippen molar-refractivity contribution >= 4 is 22.7 Å². The quantitative estimate of drug-likeness (QED) is 0.492. The first kappa shape index (κ1) is 17.9. The molecule has 0 bridgehead atoms. The van der Waals surface area contributed by atoms with Gasteiger partial charge in [0.1, 0.15) is 5.52 Å². The summed E-state index contributed by atoms with van der Waals surface area (Å²) in [5.41, 5.74) is 4.85. The molecule has 5 heteroatoms. The summed E-state index contributed by atoms with van der Waals surface area (Å²) in [6.45, 7) is 4.38. The normalized spacial score (nSPS) is 12.1. The third-order valence-corrected chi connectivity index (χ3v) is 4.88. The lowest BCUT2D eigenvalue weighted by molar-refractivity contribution is 0.102. The van der Waals surface area contributed by atoms with Crippen molar-refractivity contribution in [3.63, 3.8) is 0 Å². The molecule has 4 rings (SSSR count). The molecule has 1 unspecified atom stereocenters. The number of benzene rings is 2. The monoisotopic (exact) mass is 371 g/mol. The lowest BCUT2D eigenvalue weighted by atomic mass is 9.98. The molecule has 0 saturated carbocycles. The van der Waals surface area contributed by atoms with E-state index in [0.29, 0.717) is 23.1 Å². The maximum absolute atomic E-state index is 12.3. The summed E-state index contributed by atoms with van der Waals surface area (Å²) in [4.78, 5) is 21.0. The zero-order chi connectivity index (χ0) is 19.5. The molecule has 2 heterocycles. The molecule has 4 aromatic rings. The molecular weight excluding hydrogens is 350 g/mol. The van der Waals surface area contributed by atoms with Gasteiger partial charge in [-0.1, -0.05) is 26.0 Å². The number of hydrogen-bond donors (Lipinski definition) is 1. The third-order valence-electron chi connectivity index (χ3n) is 4.88. The van der Waals surface area contributed by atoms with Crippen LogP contribution in [-0.2, 0) is 0 Å². The first-order chi connectivity index (χ1) is 13.6. The van der Waals surface area contributed by atoms with Crippen molar-refractivity contribution < 1.29 is 9.21 Å². The lowest BCUT2D eigenvalue weighted by Gasteiger charge is -2.07. The molecule has 0 radical (unpaired) electrons. The van der Waals surface area contributed by atoms with E-state index in [2.05, 4.69) is 41.3 Å². The van der Waals surface area contributed by atoms with E-state index in [1.165, 1.54) is 11.8 Å². The molecule has 2 aromatic carbocycles. The van der Waals surface area contributed by atoms with Gasteiger partial charge in [0.25, 0.3) is 5.91 Å². The average Bonchev–Trinajstić information content (AvgIpc) is 3.17. The highest BCUT2D eigenvalue weighted by Gasteiger charge is 2.12. The number of rotatable bonds is 5. The van der Waals surface area contributed by atoms with Crippen LogP contribution in [0.5, 0.6) is 0 Å². The van der Waals surface area contributed by atoms with Crippen LogP contribution in [0.4, 0.5) is 5.69 Å². The largest absolute Gasteiger partial charge is 0.436 e. The smallest absolute Gasteiger partial charge is 0.257 e. The maximum atomic E-state index is 12.3. The topological polar surface area (TPSA) is 68.0 Å². The number of aromatic nitrogens is 2. The SMILES string of the molecule is CCC(C)c1ccc2oc(-c3cccc(NC(=O)c4cccnc4)c3)nc2c1. The van der Waals surface area contributed by atoms with Gasteiger partial charge in [0.05, 0.1) is 5.56 Å². The van der Waals surface area contributed by atoms with E-state index in [1.54, 1.807) is 18.3 Å². The number of anilines is 1. The molecular formula is C23H21N3O2. The molecule has 1 amide bonds. The van der Waals surface area contributed by atoms with Crippen LogP contribution in [0.15, 0.2) is 71.4 Å². The molecule has 0 aliphatic carbocycles. The second kappa shape index (κ2) is 7.64. The van der Waals surface area contributed by atoms with Crippen LogP contribution in [0.2, 0.25) is 0 Å². The van der Waals surface area contributed by atoms with Crippen LogP contribution in [0.3, 0.4) is 0 Å². The van der Waals surface area contributed by atoms with Crippen molar-refractivity contribution in [2.45, 2.75) is 26.2 Å². The van der Waals surface area contributed by atoms with Crippen molar-refractivity contribution in [1.29, 1.82) is 0 Å². The first-order valence-corrected chi connectivity index (χ1v) is 9.36. The van der Waals surface area contributed by atoms with Gasteiger partial charge in [-0.2, -0.15) is 0 Å². The molecule has 0 aliphatic heterocycles. The molecule has 1 N–H and O–H groups in total. The molecule has 1 atom stereocenters. The third kappa shape index (κ3) is 3.64. The summed E-state index contributed by atoms with van der Waals surface area (Å²) < 4.78 is 5.93. The van der Waals surface area contributed by atoms with Crippen molar-refractivity contribution in [3.8, 4) is 11.5 Å². The standard InChI is InChI=1S/C23H21N3O2/c1-3-15(2)16-9-10-21-20(13-16)26-23(28-21)17-6-4-8-19(12-17)25-22(27)18-7-5-11-24-14-18/h4-15H,3H2,1-2H3,(H,25,27). The summed E-state index contributed by atoms with van der Waals surface area (Å²) in [5, 5.41) is 2.89. The Balaban J connectivity index is 1.61. The number of oxazole rings is 1. The van der Waals surface area contributed by atoms with Gasteiger partial charge in [-0.25, -0.2) is 4.98 Å².